The van der Waals surface area contributed by atoms with Crippen molar-refractivity contribution in [1.29, 1.82) is 0 Å². The number of nitrogens with zero attached hydrogens (tertiary/aromatic N) is 1. The molecule has 0 aliphatic heterocycles. The van der Waals surface area contributed by atoms with E-state index in [9.17, 15) is 0 Å². The van der Waals surface area contributed by atoms with Crippen LogP contribution in [0.4, 0.5) is 5.69 Å². The van der Waals surface area contributed by atoms with Crippen LogP contribution in [0.15, 0.2) is 18.3 Å². The molecular formula is C13H19N3S. The van der Waals surface area contributed by atoms with Gasteiger partial charge in [0.15, 0.2) is 5.11 Å². The molecule has 0 spiro atoms. The summed E-state index contributed by atoms with van der Waals surface area (Å²) in [5.41, 5.74) is 1.96. The number of anilines is 1. The first-order valence-corrected chi connectivity index (χ1v) is 6.65. The number of aryl methyl sites for hydroxylation is 1. The van der Waals surface area contributed by atoms with Crippen molar-refractivity contribution >= 4 is 23.0 Å². The second kappa shape index (κ2) is 5.96. The van der Waals surface area contributed by atoms with Gasteiger partial charge < -0.3 is 10.6 Å². The Balaban J connectivity index is 1.86. The molecule has 17 heavy (non-hydrogen) atoms. The molecule has 1 aliphatic rings. The number of aromatic nitrogens is 1. The van der Waals surface area contributed by atoms with Crippen LogP contribution in [-0.4, -0.2) is 16.1 Å². The number of hydrogen-bond acceptors (Lipinski definition) is 2. The van der Waals surface area contributed by atoms with Gasteiger partial charge in [-0.25, -0.2) is 0 Å². The number of thiocarbonyl (C=S) groups is 1. The lowest BCUT2D eigenvalue weighted by molar-refractivity contribution is 0.415. The molecule has 1 aromatic heterocycles. The van der Waals surface area contributed by atoms with Gasteiger partial charge in [0.25, 0.3) is 0 Å². The van der Waals surface area contributed by atoms with Crippen LogP contribution in [-0.2, 0) is 0 Å². The molecule has 92 valence electrons. The fourth-order valence-corrected chi connectivity index (χ4v) is 2.48. The van der Waals surface area contributed by atoms with Gasteiger partial charge in [0.05, 0.1) is 11.4 Å². The third-order valence-corrected chi connectivity index (χ3v) is 3.42. The lowest BCUT2D eigenvalue weighted by Gasteiger charge is -2.24. The third kappa shape index (κ3) is 3.66. The van der Waals surface area contributed by atoms with E-state index in [2.05, 4.69) is 15.6 Å². The van der Waals surface area contributed by atoms with Crippen molar-refractivity contribution in [2.75, 3.05) is 5.32 Å². The van der Waals surface area contributed by atoms with Crippen molar-refractivity contribution < 1.29 is 0 Å². The molecule has 4 heteroatoms. The van der Waals surface area contributed by atoms with Gasteiger partial charge in [0, 0.05) is 12.2 Å². The van der Waals surface area contributed by atoms with Crippen LogP contribution in [0.3, 0.4) is 0 Å². The molecule has 0 radical (unpaired) electrons. The minimum atomic E-state index is 0.542. The van der Waals surface area contributed by atoms with Crippen molar-refractivity contribution in [1.82, 2.24) is 10.3 Å². The van der Waals surface area contributed by atoms with E-state index in [1.54, 1.807) is 6.20 Å². The highest BCUT2D eigenvalue weighted by molar-refractivity contribution is 7.80. The highest BCUT2D eigenvalue weighted by atomic mass is 32.1. The molecule has 0 saturated heterocycles. The molecule has 2 N–H and O–H groups in total. The Morgan fingerprint density at radius 2 is 2.12 bits per heavy atom. The van der Waals surface area contributed by atoms with E-state index in [1.165, 1.54) is 32.1 Å². The summed E-state index contributed by atoms with van der Waals surface area (Å²) < 4.78 is 0. The first-order valence-electron chi connectivity index (χ1n) is 6.25. The van der Waals surface area contributed by atoms with Crippen molar-refractivity contribution in [2.24, 2.45) is 0 Å². The Morgan fingerprint density at radius 1 is 1.35 bits per heavy atom. The molecule has 2 rings (SSSR count). The number of pyridine rings is 1. The lowest BCUT2D eigenvalue weighted by atomic mass is 9.96. The van der Waals surface area contributed by atoms with E-state index in [1.807, 2.05) is 19.1 Å². The Hall–Kier alpha value is -1.16. The van der Waals surface area contributed by atoms with Gasteiger partial charge in [-0.2, -0.15) is 0 Å². The SMILES string of the molecule is Cc1ncccc1NC(=S)NC1CCCCC1. The minimum Gasteiger partial charge on any atom is -0.360 e. The summed E-state index contributed by atoms with van der Waals surface area (Å²) in [6.45, 7) is 1.98. The van der Waals surface area contributed by atoms with Gasteiger partial charge in [0.2, 0.25) is 0 Å². The number of hydrogen-bond donors (Lipinski definition) is 2. The molecule has 0 unspecified atom stereocenters. The predicted octanol–water partition coefficient (Wildman–Crippen LogP) is 3.01. The molecule has 0 aromatic carbocycles. The van der Waals surface area contributed by atoms with Gasteiger partial charge in [-0.05, 0) is 44.1 Å². The van der Waals surface area contributed by atoms with Gasteiger partial charge in [-0.1, -0.05) is 19.3 Å². The van der Waals surface area contributed by atoms with Crippen LogP contribution in [0.1, 0.15) is 37.8 Å². The predicted molar refractivity (Wildman–Crippen MR) is 75.2 cm³/mol. The highest BCUT2D eigenvalue weighted by Crippen LogP contribution is 2.17. The average Bonchev–Trinajstić information content (AvgIpc) is 2.33. The minimum absolute atomic E-state index is 0.542. The van der Waals surface area contributed by atoms with Crippen molar-refractivity contribution in [3.05, 3.63) is 24.0 Å². The zero-order valence-electron chi connectivity index (χ0n) is 10.2. The average molecular weight is 249 g/mol. The van der Waals surface area contributed by atoms with Gasteiger partial charge in [-0.3, -0.25) is 4.98 Å². The molecule has 0 bridgehead atoms. The van der Waals surface area contributed by atoms with E-state index in [0.29, 0.717) is 11.2 Å². The maximum atomic E-state index is 5.33. The summed E-state index contributed by atoms with van der Waals surface area (Å²) >= 11 is 5.33. The molecule has 1 aliphatic carbocycles. The first kappa shape index (κ1) is 12.3. The summed E-state index contributed by atoms with van der Waals surface area (Å²) in [6, 6.07) is 4.45. The molecular weight excluding hydrogens is 230 g/mol. The Bertz CT molecular complexity index is 386. The molecule has 1 saturated carbocycles. The van der Waals surface area contributed by atoms with E-state index >= 15 is 0 Å². The maximum Gasteiger partial charge on any atom is 0.171 e. The van der Waals surface area contributed by atoms with Gasteiger partial charge >= 0.3 is 0 Å². The van der Waals surface area contributed by atoms with Gasteiger partial charge in [0.1, 0.15) is 0 Å². The monoisotopic (exact) mass is 249 g/mol. The Labute approximate surface area is 108 Å². The number of rotatable bonds is 2. The van der Waals surface area contributed by atoms with E-state index < -0.39 is 0 Å². The fraction of sp³-hybridized carbons (Fsp3) is 0.538. The van der Waals surface area contributed by atoms with Crippen LogP contribution in [0.25, 0.3) is 0 Å². The summed E-state index contributed by atoms with van der Waals surface area (Å²) in [6.07, 6.45) is 8.23. The smallest absolute Gasteiger partial charge is 0.171 e. The van der Waals surface area contributed by atoms with Crippen molar-refractivity contribution in [2.45, 2.75) is 45.1 Å². The molecule has 1 fully saturated rings. The maximum absolute atomic E-state index is 5.33. The van der Waals surface area contributed by atoms with Crippen LogP contribution >= 0.6 is 12.2 Å². The second-order valence-corrected chi connectivity index (χ2v) is 4.98. The van der Waals surface area contributed by atoms with Crippen LogP contribution in [0.2, 0.25) is 0 Å². The lowest BCUT2D eigenvalue weighted by Crippen LogP contribution is -2.38. The highest BCUT2D eigenvalue weighted by Gasteiger charge is 2.14. The topological polar surface area (TPSA) is 37.0 Å². The van der Waals surface area contributed by atoms with Gasteiger partial charge in [-0.15, -0.1) is 0 Å². The van der Waals surface area contributed by atoms with E-state index in [4.69, 9.17) is 12.2 Å². The Morgan fingerprint density at radius 3 is 2.82 bits per heavy atom. The first-order chi connectivity index (χ1) is 8.25. The van der Waals surface area contributed by atoms with Crippen LogP contribution < -0.4 is 10.6 Å². The standard InChI is InChI=1S/C13H19N3S/c1-10-12(8-5-9-14-10)16-13(17)15-11-6-3-2-4-7-11/h5,8-9,11H,2-4,6-7H2,1H3,(H2,15,16,17). The summed E-state index contributed by atoms with van der Waals surface area (Å²) in [5, 5.41) is 7.32. The van der Waals surface area contributed by atoms with Crippen molar-refractivity contribution in [3.63, 3.8) is 0 Å². The summed E-state index contributed by atoms with van der Waals surface area (Å²) in [5.74, 6) is 0. The molecule has 3 nitrogen and oxygen atoms in total. The normalized spacial score (nSPS) is 16.5. The summed E-state index contributed by atoms with van der Waals surface area (Å²) in [7, 11) is 0. The molecule has 0 amide bonds. The fourth-order valence-electron chi connectivity index (χ4n) is 2.21. The second-order valence-electron chi connectivity index (χ2n) is 4.57. The Kier molecular flexibility index (Phi) is 4.31. The zero-order chi connectivity index (χ0) is 12.1. The molecule has 0 atom stereocenters. The molecule has 1 heterocycles. The largest absolute Gasteiger partial charge is 0.360 e. The molecule has 1 aromatic rings. The van der Waals surface area contributed by atoms with Crippen LogP contribution in [0, 0.1) is 6.92 Å². The van der Waals surface area contributed by atoms with E-state index in [0.717, 1.165) is 11.4 Å². The van der Waals surface area contributed by atoms with Crippen LogP contribution in [0.5, 0.6) is 0 Å². The summed E-state index contributed by atoms with van der Waals surface area (Å²) in [4.78, 5) is 4.23. The van der Waals surface area contributed by atoms with Crippen molar-refractivity contribution in [3.8, 4) is 0 Å². The quantitative estimate of drug-likeness (QED) is 0.790. The zero-order valence-corrected chi connectivity index (χ0v) is 11.0. The third-order valence-electron chi connectivity index (χ3n) is 3.20. The van der Waals surface area contributed by atoms with E-state index in [-0.39, 0.29) is 0 Å². The number of nitrogens with one attached hydrogen (secondary N) is 2.